The number of hydrogen-bond donors (Lipinski definition) is 1. The van der Waals surface area contributed by atoms with Crippen LogP contribution in [0.2, 0.25) is 0 Å². The van der Waals surface area contributed by atoms with Crippen LogP contribution < -0.4 is 14.8 Å². The summed E-state index contributed by atoms with van der Waals surface area (Å²) in [6.45, 7) is 7.30. The van der Waals surface area contributed by atoms with Gasteiger partial charge in [-0.05, 0) is 51.5 Å². The van der Waals surface area contributed by atoms with E-state index in [1.165, 1.54) is 6.08 Å². The zero-order valence-corrected chi connectivity index (χ0v) is 17.3. The minimum absolute atomic E-state index is 0.181. The van der Waals surface area contributed by atoms with Crippen LogP contribution in [0.1, 0.15) is 36.4 Å². The van der Waals surface area contributed by atoms with Crippen LogP contribution in [-0.2, 0) is 20.9 Å². The minimum atomic E-state index is -0.483. The van der Waals surface area contributed by atoms with E-state index in [4.69, 9.17) is 18.7 Å². The van der Waals surface area contributed by atoms with Gasteiger partial charge in [0.1, 0.15) is 18.9 Å². The van der Waals surface area contributed by atoms with E-state index in [0.29, 0.717) is 23.9 Å². The normalized spacial score (nSPS) is 11.0. The average Bonchev–Trinajstić information content (AvgIpc) is 3.00. The van der Waals surface area contributed by atoms with Crippen LogP contribution >= 0.6 is 0 Å². The van der Waals surface area contributed by atoms with Crippen molar-refractivity contribution in [2.45, 2.75) is 40.4 Å². The first-order valence-corrected chi connectivity index (χ1v) is 9.18. The second kappa shape index (κ2) is 10.3. The Hall–Kier alpha value is -3.29. The lowest BCUT2D eigenvalue weighted by Gasteiger charge is -2.11. The molecule has 29 heavy (non-hydrogen) atoms. The molecule has 1 amide bonds. The lowest BCUT2D eigenvalue weighted by Crippen LogP contribution is -2.30. The molecule has 0 fully saturated rings. The standard InChI is InChI=1S/C21H26N2O6/c1-13(2)28-21(25)11-22-20(24)9-7-16-6-8-18(19(10-16)26-5)27-12-17-14(3)23-29-15(17)4/h6-10,13H,11-12H2,1-5H3,(H,22,24)/b9-7+. The van der Waals surface area contributed by atoms with E-state index >= 15 is 0 Å². The maximum Gasteiger partial charge on any atom is 0.325 e. The Balaban J connectivity index is 1.96. The lowest BCUT2D eigenvalue weighted by atomic mass is 10.2. The van der Waals surface area contributed by atoms with Gasteiger partial charge >= 0.3 is 5.97 Å². The largest absolute Gasteiger partial charge is 0.493 e. The lowest BCUT2D eigenvalue weighted by molar-refractivity contribution is -0.147. The summed E-state index contributed by atoms with van der Waals surface area (Å²) in [5, 5.41) is 6.38. The van der Waals surface area contributed by atoms with Crippen LogP contribution in [0.25, 0.3) is 6.08 Å². The summed E-state index contributed by atoms with van der Waals surface area (Å²) in [6.07, 6.45) is 2.73. The van der Waals surface area contributed by atoms with E-state index in [-0.39, 0.29) is 12.6 Å². The number of hydrogen-bond acceptors (Lipinski definition) is 7. The highest BCUT2D eigenvalue weighted by molar-refractivity contribution is 5.93. The number of nitrogens with zero attached hydrogens (tertiary/aromatic N) is 1. The molecule has 2 aromatic rings. The van der Waals surface area contributed by atoms with E-state index < -0.39 is 11.9 Å². The number of rotatable bonds is 9. The summed E-state index contributed by atoms with van der Waals surface area (Å²) in [5.41, 5.74) is 2.42. The van der Waals surface area contributed by atoms with Gasteiger partial charge in [-0.2, -0.15) is 0 Å². The number of carbonyl (C=O) groups is 2. The molecule has 0 saturated heterocycles. The van der Waals surface area contributed by atoms with Gasteiger partial charge in [0.2, 0.25) is 5.91 Å². The van der Waals surface area contributed by atoms with Crippen molar-refractivity contribution in [2.75, 3.05) is 13.7 Å². The summed E-state index contributed by atoms with van der Waals surface area (Å²) in [4.78, 5) is 23.3. The molecular formula is C21H26N2O6. The zero-order chi connectivity index (χ0) is 21.4. The molecule has 0 bridgehead atoms. The van der Waals surface area contributed by atoms with Gasteiger partial charge in [0.15, 0.2) is 11.5 Å². The van der Waals surface area contributed by atoms with Crippen LogP contribution in [0.4, 0.5) is 0 Å². The highest BCUT2D eigenvalue weighted by atomic mass is 16.5. The summed E-state index contributed by atoms with van der Waals surface area (Å²) in [7, 11) is 1.54. The fraction of sp³-hybridized carbons (Fsp3) is 0.381. The zero-order valence-electron chi connectivity index (χ0n) is 17.3. The van der Waals surface area contributed by atoms with Crippen molar-refractivity contribution < 1.29 is 28.3 Å². The molecule has 0 saturated carbocycles. The molecule has 0 aliphatic rings. The number of aryl methyl sites for hydroxylation is 2. The minimum Gasteiger partial charge on any atom is -0.493 e. The van der Waals surface area contributed by atoms with Gasteiger partial charge in [0, 0.05) is 6.08 Å². The fourth-order valence-corrected chi connectivity index (χ4v) is 2.46. The van der Waals surface area contributed by atoms with E-state index in [1.807, 2.05) is 13.8 Å². The topological polar surface area (TPSA) is 99.9 Å². The number of amides is 1. The molecule has 1 heterocycles. The van der Waals surface area contributed by atoms with Crippen molar-refractivity contribution in [3.05, 3.63) is 46.9 Å². The smallest absolute Gasteiger partial charge is 0.325 e. The van der Waals surface area contributed by atoms with Gasteiger partial charge in [-0.3, -0.25) is 9.59 Å². The molecule has 1 aromatic heterocycles. The second-order valence-electron chi connectivity index (χ2n) is 6.59. The predicted molar refractivity (Wildman–Crippen MR) is 107 cm³/mol. The number of nitrogens with one attached hydrogen (secondary N) is 1. The molecule has 2 rings (SSSR count). The third-order valence-electron chi connectivity index (χ3n) is 3.94. The number of aromatic nitrogens is 1. The van der Waals surface area contributed by atoms with Crippen molar-refractivity contribution >= 4 is 18.0 Å². The summed E-state index contributed by atoms with van der Waals surface area (Å²) >= 11 is 0. The molecule has 8 heteroatoms. The highest BCUT2D eigenvalue weighted by Crippen LogP contribution is 2.30. The molecule has 1 aromatic carbocycles. The van der Waals surface area contributed by atoms with Gasteiger partial charge in [-0.1, -0.05) is 11.2 Å². The van der Waals surface area contributed by atoms with Crippen LogP contribution in [0.3, 0.4) is 0 Å². The second-order valence-corrected chi connectivity index (χ2v) is 6.59. The molecule has 0 aliphatic carbocycles. The Morgan fingerprint density at radius 2 is 2.00 bits per heavy atom. The van der Waals surface area contributed by atoms with E-state index in [2.05, 4.69) is 10.5 Å². The first-order chi connectivity index (χ1) is 13.8. The summed E-state index contributed by atoms with van der Waals surface area (Å²) < 4.78 is 21.3. The SMILES string of the molecule is COc1cc(/C=C/C(=O)NCC(=O)OC(C)C)ccc1OCc1c(C)noc1C. The molecule has 0 aliphatic heterocycles. The molecule has 8 nitrogen and oxygen atoms in total. The van der Waals surface area contributed by atoms with Crippen molar-refractivity contribution in [1.29, 1.82) is 0 Å². The van der Waals surface area contributed by atoms with Crippen molar-refractivity contribution in [3.8, 4) is 11.5 Å². The molecular weight excluding hydrogens is 376 g/mol. The Morgan fingerprint density at radius 1 is 1.24 bits per heavy atom. The van der Waals surface area contributed by atoms with Crippen molar-refractivity contribution in [2.24, 2.45) is 0 Å². The van der Waals surface area contributed by atoms with Crippen LogP contribution in [0.5, 0.6) is 11.5 Å². The molecule has 156 valence electrons. The molecule has 0 radical (unpaired) electrons. The van der Waals surface area contributed by atoms with Crippen molar-refractivity contribution in [3.63, 3.8) is 0 Å². The fourth-order valence-electron chi connectivity index (χ4n) is 2.46. The molecule has 0 spiro atoms. The number of methoxy groups -OCH3 is 1. The Bertz CT molecular complexity index is 866. The van der Waals surface area contributed by atoms with Crippen LogP contribution in [-0.4, -0.2) is 36.8 Å². The van der Waals surface area contributed by atoms with Gasteiger partial charge in [0.05, 0.1) is 24.5 Å². The number of ether oxygens (including phenoxy) is 3. The first-order valence-electron chi connectivity index (χ1n) is 9.18. The highest BCUT2D eigenvalue weighted by Gasteiger charge is 2.12. The number of carbonyl (C=O) groups excluding carboxylic acids is 2. The average molecular weight is 402 g/mol. The van der Waals surface area contributed by atoms with Gasteiger partial charge < -0.3 is 24.1 Å². The van der Waals surface area contributed by atoms with Crippen LogP contribution in [0, 0.1) is 13.8 Å². The third-order valence-corrected chi connectivity index (χ3v) is 3.94. The molecule has 0 unspecified atom stereocenters. The van der Waals surface area contributed by atoms with E-state index in [0.717, 1.165) is 16.8 Å². The van der Waals surface area contributed by atoms with Gasteiger partial charge in [0.25, 0.3) is 0 Å². The molecule has 1 N–H and O–H groups in total. The number of esters is 1. The molecule has 0 atom stereocenters. The van der Waals surface area contributed by atoms with Gasteiger partial charge in [-0.25, -0.2) is 0 Å². The maximum absolute atomic E-state index is 11.8. The van der Waals surface area contributed by atoms with Crippen molar-refractivity contribution in [1.82, 2.24) is 10.5 Å². The Labute approximate surface area is 169 Å². The maximum atomic E-state index is 11.8. The third kappa shape index (κ3) is 6.67. The first kappa shape index (κ1) is 22.0. The Kier molecular flexibility index (Phi) is 7.82. The predicted octanol–water partition coefficient (Wildman–Crippen LogP) is 2.96. The monoisotopic (exact) mass is 402 g/mol. The Morgan fingerprint density at radius 3 is 2.62 bits per heavy atom. The van der Waals surface area contributed by atoms with E-state index in [1.54, 1.807) is 45.2 Å². The van der Waals surface area contributed by atoms with Gasteiger partial charge in [-0.15, -0.1) is 0 Å². The summed E-state index contributed by atoms with van der Waals surface area (Å²) in [6, 6.07) is 5.30. The van der Waals surface area contributed by atoms with E-state index in [9.17, 15) is 9.59 Å². The van der Waals surface area contributed by atoms with Crippen LogP contribution in [0.15, 0.2) is 28.8 Å². The quantitative estimate of drug-likeness (QED) is 0.508. The summed E-state index contributed by atoms with van der Waals surface area (Å²) in [5.74, 6) is 0.918. The number of benzene rings is 1.